The van der Waals surface area contributed by atoms with Gasteiger partial charge in [-0.15, -0.1) is 0 Å². The summed E-state index contributed by atoms with van der Waals surface area (Å²) in [6.45, 7) is 5.93. The van der Waals surface area contributed by atoms with Crippen molar-refractivity contribution in [3.8, 4) is 0 Å². The van der Waals surface area contributed by atoms with Crippen LogP contribution in [0.15, 0.2) is 45.6 Å². The largest absolute Gasteiger partial charge is 0.466 e. The van der Waals surface area contributed by atoms with Crippen molar-refractivity contribution in [3.63, 3.8) is 0 Å². The van der Waals surface area contributed by atoms with E-state index in [-0.39, 0.29) is 18.4 Å². The lowest BCUT2D eigenvalue weighted by Gasteiger charge is -2.37. The van der Waals surface area contributed by atoms with Crippen LogP contribution in [0.2, 0.25) is 0 Å². The van der Waals surface area contributed by atoms with Gasteiger partial charge in [0.15, 0.2) is 5.17 Å². The maximum absolute atomic E-state index is 12.7. The smallest absolute Gasteiger partial charge is 0.338 e. The van der Waals surface area contributed by atoms with Crippen molar-refractivity contribution in [1.29, 1.82) is 0 Å². The molecule has 152 valence electrons. The van der Waals surface area contributed by atoms with Crippen LogP contribution in [-0.4, -0.2) is 35.1 Å². The molecule has 1 fully saturated rings. The second-order valence-corrected chi connectivity index (χ2v) is 8.60. The molecule has 2 heterocycles. The Morgan fingerprint density at radius 1 is 1.28 bits per heavy atom. The van der Waals surface area contributed by atoms with Crippen molar-refractivity contribution in [2.75, 3.05) is 7.11 Å². The molecule has 1 aliphatic carbocycles. The Bertz CT molecular complexity index is 976. The van der Waals surface area contributed by atoms with E-state index in [4.69, 9.17) is 4.74 Å². The topological polar surface area (TPSA) is 71.0 Å². The van der Waals surface area contributed by atoms with Gasteiger partial charge in [-0.3, -0.25) is 4.79 Å². The quantitative estimate of drug-likeness (QED) is 0.748. The number of allylic oxidation sites excluding steroid dienone is 1. The zero-order valence-electron chi connectivity index (χ0n) is 17.1. The van der Waals surface area contributed by atoms with Crippen molar-refractivity contribution in [2.45, 2.75) is 52.1 Å². The van der Waals surface area contributed by atoms with Gasteiger partial charge in [0.05, 0.1) is 30.8 Å². The van der Waals surface area contributed by atoms with Crippen molar-refractivity contribution < 1.29 is 14.3 Å². The monoisotopic (exact) mass is 411 g/mol. The molecule has 3 aliphatic rings. The van der Waals surface area contributed by atoms with Gasteiger partial charge in [-0.25, -0.2) is 9.79 Å². The third kappa shape index (κ3) is 3.83. The van der Waals surface area contributed by atoms with Crippen LogP contribution in [0.25, 0.3) is 0 Å². The number of amidine groups is 1. The number of methoxy groups -OCH3 is 1. The molecule has 1 N–H and O–H groups in total. The van der Waals surface area contributed by atoms with E-state index in [0.717, 1.165) is 40.4 Å². The van der Waals surface area contributed by atoms with E-state index in [9.17, 15) is 9.59 Å². The first-order valence-corrected chi connectivity index (χ1v) is 10.7. The number of rotatable bonds is 5. The fourth-order valence-electron chi connectivity index (χ4n) is 3.84. The number of nitrogens with zero attached hydrogens (tertiary/aromatic N) is 2. The molecule has 4 rings (SSSR count). The summed E-state index contributed by atoms with van der Waals surface area (Å²) in [5, 5.41) is 5.80. The van der Waals surface area contributed by atoms with Gasteiger partial charge in [-0.1, -0.05) is 35.5 Å². The van der Waals surface area contributed by atoms with Crippen LogP contribution in [-0.2, 0) is 14.3 Å². The Morgan fingerprint density at radius 2 is 2.03 bits per heavy atom. The first kappa shape index (κ1) is 19.8. The normalized spacial score (nSPS) is 20.8. The Morgan fingerprint density at radius 3 is 2.69 bits per heavy atom. The summed E-state index contributed by atoms with van der Waals surface area (Å²) in [6.07, 6.45) is 2.36. The molecule has 1 amide bonds. The third-order valence-electron chi connectivity index (χ3n) is 5.41. The lowest BCUT2D eigenvalue weighted by Crippen LogP contribution is -2.38. The molecule has 1 aromatic carbocycles. The Balaban J connectivity index is 1.75. The minimum Gasteiger partial charge on any atom is -0.466 e. The number of carbonyl (C=O) groups is 2. The van der Waals surface area contributed by atoms with Crippen molar-refractivity contribution >= 4 is 28.8 Å². The van der Waals surface area contributed by atoms with Crippen molar-refractivity contribution in [1.82, 2.24) is 10.2 Å². The Kier molecular flexibility index (Phi) is 5.25. The molecule has 1 atom stereocenters. The zero-order valence-corrected chi connectivity index (χ0v) is 17.9. The number of ether oxygens (including phenoxy) is 1. The van der Waals surface area contributed by atoms with Gasteiger partial charge >= 0.3 is 5.97 Å². The highest BCUT2D eigenvalue weighted by Gasteiger charge is 2.41. The molecule has 0 unspecified atom stereocenters. The predicted molar refractivity (Wildman–Crippen MR) is 114 cm³/mol. The fraction of sp³-hybridized carbons (Fsp3) is 0.409. The molecule has 0 radical (unpaired) electrons. The molecule has 0 spiro atoms. The summed E-state index contributed by atoms with van der Waals surface area (Å²) in [4.78, 5) is 31.9. The summed E-state index contributed by atoms with van der Waals surface area (Å²) in [7, 11) is 1.39. The maximum atomic E-state index is 12.7. The third-order valence-corrected chi connectivity index (χ3v) is 6.30. The Hall–Kier alpha value is -2.54. The number of aryl methyl sites for hydroxylation is 2. The molecule has 1 saturated carbocycles. The van der Waals surface area contributed by atoms with Gasteiger partial charge in [-0.2, -0.15) is 0 Å². The standard InChI is InChI=1S/C22H25N3O3S/c1-12-5-8-17(13(2)9-12)20-19(21(27)28-4)14(3)23-22-25(20)16(11-29-22)10-18(26)24-15-6-7-15/h5,8-9,11,15,20H,6-7,10H2,1-4H3,(H,24,26)/t20-/m0/s1. The average molecular weight is 412 g/mol. The zero-order chi connectivity index (χ0) is 20.7. The number of fused-ring (bicyclic) bond motifs is 1. The maximum Gasteiger partial charge on any atom is 0.338 e. The number of hydrogen-bond donors (Lipinski definition) is 1. The van der Waals surface area contributed by atoms with Crippen LogP contribution >= 0.6 is 11.8 Å². The summed E-state index contributed by atoms with van der Waals surface area (Å²) in [5.74, 6) is -0.389. The summed E-state index contributed by atoms with van der Waals surface area (Å²) >= 11 is 1.49. The van der Waals surface area contributed by atoms with Crippen LogP contribution in [0.4, 0.5) is 0 Å². The van der Waals surface area contributed by atoms with Crippen LogP contribution in [0.1, 0.15) is 48.9 Å². The first-order chi connectivity index (χ1) is 13.9. The number of esters is 1. The highest BCUT2D eigenvalue weighted by atomic mass is 32.2. The van der Waals surface area contributed by atoms with E-state index >= 15 is 0 Å². The number of nitrogens with one attached hydrogen (secondary N) is 1. The molecule has 0 bridgehead atoms. The van der Waals surface area contributed by atoms with Crippen LogP contribution < -0.4 is 5.32 Å². The highest BCUT2D eigenvalue weighted by molar-refractivity contribution is 8.16. The van der Waals surface area contributed by atoms with E-state index < -0.39 is 5.97 Å². The van der Waals surface area contributed by atoms with Crippen LogP contribution in [0, 0.1) is 13.8 Å². The fourth-order valence-corrected chi connectivity index (χ4v) is 4.80. The van der Waals surface area contributed by atoms with Gasteiger partial charge in [0.2, 0.25) is 5.91 Å². The number of amides is 1. The minimum atomic E-state index is -0.394. The average Bonchev–Trinajstić information content (AvgIpc) is 3.40. The van der Waals surface area contributed by atoms with E-state index in [1.807, 2.05) is 37.1 Å². The van der Waals surface area contributed by atoms with E-state index in [1.54, 1.807) is 0 Å². The van der Waals surface area contributed by atoms with E-state index in [2.05, 4.69) is 22.4 Å². The summed E-state index contributed by atoms with van der Waals surface area (Å²) in [6, 6.07) is 6.15. The molecular weight excluding hydrogens is 386 g/mol. The summed E-state index contributed by atoms with van der Waals surface area (Å²) in [5.41, 5.74) is 5.28. The number of benzene rings is 1. The van der Waals surface area contributed by atoms with Crippen LogP contribution in [0.5, 0.6) is 0 Å². The van der Waals surface area contributed by atoms with Gasteiger partial charge in [0, 0.05) is 11.7 Å². The van der Waals surface area contributed by atoms with Gasteiger partial charge in [0.25, 0.3) is 0 Å². The summed E-state index contributed by atoms with van der Waals surface area (Å²) < 4.78 is 5.10. The SMILES string of the molecule is COC(=O)C1=C(C)N=C2SC=C(CC(=O)NC3CC3)N2[C@H]1c1ccc(C)cc1C. The molecule has 6 nitrogen and oxygen atoms in total. The molecule has 0 aromatic heterocycles. The molecule has 2 aliphatic heterocycles. The van der Waals surface area contributed by atoms with E-state index in [1.165, 1.54) is 18.9 Å². The lowest BCUT2D eigenvalue weighted by molar-refractivity contribution is -0.136. The predicted octanol–water partition coefficient (Wildman–Crippen LogP) is 3.72. The van der Waals surface area contributed by atoms with Gasteiger partial charge in [0.1, 0.15) is 0 Å². The van der Waals surface area contributed by atoms with Gasteiger partial charge in [-0.05, 0) is 50.1 Å². The molecule has 1 aromatic rings. The Labute approximate surface area is 175 Å². The minimum absolute atomic E-state index is 0.00544. The number of aliphatic imine (C=N–C) groups is 1. The van der Waals surface area contributed by atoms with Crippen molar-refractivity contribution in [3.05, 3.63) is 57.3 Å². The van der Waals surface area contributed by atoms with Gasteiger partial charge < -0.3 is 15.0 Å². The molecule has 0 saturated heterocycles. The van der Waals surface area contributed by atoms with E-state index in [0.29, 0.717) is 17.3 Å². The second-order valence-electron chi connectivity index (χ2n) is 7.76. The first-order valence-electron chi connectivity index (χ1n) is 9.78. The number of hydrogen-bond acceptors (Lipinski definition) is 6. The number of carbonyl (C=O) groups excluding carboxylic acids is 2. The van der Waals surface area contributed by atoms with Crippen molar-refractivity contribution in [2.24, 2.45) is 4.99 Å². The second kappa shape index (κ2) is 7.71. The molecule has 7 heteroatoms. The highest BCUT2D eigenvalue weighted by Crippen LogP contribution is 2.45. The lowest BCUT2D eigenvalue weighted by atomic mass is 9.90. The molecule has 29 heavy (non-hydrogen) atoms. The van der Waals surface area contributed by atoms with Crippen LogP contribution in [0.3, 0.4) is 0 Å². The molecular formula is C22H25N3O3S. The number of thioether (sulfide) groups is 1.